The molecule has 3 rings (SSSR count). The predicted molar refractivity (Wildman–Crippen MR) is 112 cm³/mol. The fraction of sp³-hybridized carbons (Fsp3) is 0.381. The fourth-order valence-corrected chi connectivity index (χ4v) is 4.62. The normalized spacial score (nSPS) is 13.8. The van der Waals surface area contributed by atoms with Crippen LogP contribution in [0.3, 0.4) is 0 Å². The van der Waals surface area contributed by atoms with Crippen molar-refractivity contribution < 1.29 is 22.7 Å². The van der Waals surface area contributed by atoms with E-state index >= 15 is 0 Å². The maximum absolute atomic E-state index is 13.0. The van der Waals surface area contributed by atoms with Crippen LogP contribution in [0.4, 0.5) is 11.4 Å². The number of amides is 1. The summed E-state index contributed by atoms with van der Waals surface area (Å²) >= 11 is 0. The first-order valence-corrected chi connectivity index (χ1v) is 11.1. The Morgan fingerprint density at radius 2 is 1.86 bits per heavy atom. The SMILES string of the molecule is CCCCN1C(=O)CCc2cc(NS(=O)(=O)c3cc(OC)ccc3OC)ccc21. The summed E-state index contributed by atoms with van der Waals surface area (Å²) in [4.78, 5) is 14.1. The lowest BCUT2D eigenvalue weighted by atomic mass is 10.00. The van der Waals surface area contributed by atoms with Crippen LogP contribution in [-0.2, 0) is 21.2 Å². The summed E-state index contributed by atoms with van der Waals surface area (Å²) in [5.74, 6) is 0.759. The Morgan fingerprint density at radius 1 is 1.07 bits per heavy atom. The topological polar surface area (TPSA) is 84.9 Å². The Morgan fingerprint density at radius 3 is 2.55 bits per heavy atom. The second-order valence-electron chi connectivity index (χ2n) is 6.86. The summed E-state index contributed by atoms with van der Waals surface area (Å²) in [6.07, 6.45) is 2.94. The molecular weight excluding hydrogens is 392 g/mol. The zero-order chi connectivity index (χ0) is 21.0. The number of unbranched alkanes of at least 4 members (excludes halogenated alkanes) is 1. The molecule has 1 amide bonds. The van der Waals surface area contributed by atoms with Gasteiger partial charge in [-0.25, -0.2) is 8.42 Å². The number of rotatable bonds is 8. The van der Waals surface area contributed by atoms with Gasteiger partial charge in [0.15, 0.2) is 0 Å². The molecule has 8 heteroatoms. The lowest BCUT2D eigenvalue weighted by Gasteiger charge is -2.30. The summed E-state index contributed by atoms with van der Waals surface area (Å²) < 4.78 is 38.9. The van der Waals surface area contributed by atoms with Crippen LogP contribution in [0.2, 0.25) is 0 Å². The van der Waals surface area contributed by atoms with Crippen LogP contribution in [0.1, 0.15) is 31.7 Å². The van der Waals surface area contributed by atoms with Crippen LogP contribution in [0.5, 0.6) is 11.5 Å². The third-order valence-electron chi connectivity index (χ3n) is 4.93. The van der Waals surface area contributed by atoms with Crippen molar-refractivity contribution in [1.82, 2.24) is 0 Å². The second kappa shape index (κ2) is 8.73. The van der Waals surface area contributed by atoms with Gasteiger partial charge in [-0.15, -0.1) is 0 Å². The number of sulfonamides is 1. The third-order valence-corrected chi connectivity index (χ3v) is 6.33. The average molecular weight is 419 g/mol. The van der Waals surface area contributed by atoms with Crippen molar-refractivity contribution in [2.45, 2.75) is 37.5 Å². The Kier molecular flexibility index (Phi) is 6.32. The van der Waals surface area contributed by atoms with Crippen molar-refractivity contribution in [3.63, 3.8) is 0 Å². The molecule has 29 heavy (non-hydrogen) atoms. The van der Waals surface area contributed by atoms with Gasteiger partial charge in [0.1, 0.15) is 16.4 Å². The first kappa shape index (κ1) is 21.0. The average Bonchev–Trinajstić information content (AvgIpc) is 2.72. The number of carbonyl (C=O) groups excluding carboxylic acids is 1. The number of benzene rings is 2. The van der Waals surface area contributed by atoms with Crippen LogP contribution < -0.4 is 19.1 Å². The zero-order valence-electron chi connectivity index (χ0n) is 16.9. The van der Waals surface area contributed by atoms with Crippen molar-refractivity contribution in [2.75, 3.05) is 30.4 Å². The van der Waals surface area contributed by atoms with Crippen LogP contribution >= 0.6 is 0 Å². The number of fused-ring (bicyclic) bond motifs is 1. The summed E-state index contributed by atoms with van der Waals surface area (Å²) in [6.45, 7) is 2.76. The van der Waals surface area contributed by atoms with Gasteiger partial charge in [0, 0.05) is 30.4 Å². The van der Waals surface area contributed by atoms with E-state index in [0.29, 0.717) is 30.8 Å². The standard InChI is InChI=1S/C21H26N2O5S/c1-4-5-12-23-18-9-7-16(13-15(18)6-11-21(23)24)22-29(25,26)20-14-17(27-2)8-10-19(20)28-3/h7-10,13-14,22H,4-6,11-12H2,1-3H3. The molecule has 0 radical (unpaired) electrons. The molecular formula is C21H26N2O5S. The minimum absolute atomic E-state index is 0.00294. The molecule has 0 aliphatic carbocycles. The maximum atomic E-state index is 13.0. The molecule has 0 saturated heterocycles. The van der Waals surface area contributed by atoms with Gasteiger partial charge < -0.3 is 14.4 Å². The predicted octanol–water partition coefficient (Wildman–Crippen LogP) is 3.58. The molecule has 2 aromatic rings. The fourth-order valence-electron chi connectivity index (χ4n) is 3.39. The smallest absolute Gasteiger partial charge is 0.265 e. The summed E-state index contributed by atoms with van der Waals surface area (Å²) in [7, 11) is -0.998. The molecule has 0 fully saturated rings. The number of ether oxygens (including phenoxy) is 2. The summed E-state index contributed by atoms with van der Waals surface area (Å²) in [6, 6.07) is 9.90. The van der Waals surface area contributed by atoms with Gasteiger partial charge in [-0.1, -0.05) is 13.3 Å². The molecule has 0 bridgehead atoms. The molecule has 156 valence electrons. The number of nitrogens with zero attached hydrogens (tertiary/aromatic N) is 1. The van der Waals surface area contributed by atoms with Gasteiger partial charge in [0.25, 0.3) is 10.0 Å². The third kappa shape index (κ3) is 4.48. The van der Waals surface area contributed by atoms with Gasteiger partial charge in [-0.05, 0) is 48.7 Å². The molecule has 1 aliphatic rings. The van der Waals surface area contributed by atoms with E-state index in [1.807, 2.05) is 6.07 Å². The van der Waals surface area contributed by atoms with Crippen LogP contribution in [-0.4, -0.2) is 35.1 Å². The van der Waals surface area contributed by atoms with Crippen LogP contribution in [0.15, 0.2) is 41.3 Å². The lowest BCUT2D eigenvalue weighted by molar-refractivity contribution is -0.118. The van der Waals surface area contributed by atoms with E-state index in [4.69, 9.17) is 9.47 Å². The Balaban J connectivity index is 1.90. The van der Waals surface area contributed by atoms with Crippen molar-refractivity contribution in [1.29, 1.82) is 0 Å². The quantitative estimate of drug-likeness (QED) is 0.708. The molecule has 0 unspecified atom stereocenters. The van der Waals surface area contributed by atoms with E-state index in [1.165, 1.54) is 20.3 Å². The van der Waals surface area contributed by atoms with E-state index < -0.39 is 10.0 Å². The number of nitrogens with one attached hydrogen (secondary N) is 1. The summed E-state index contributed by atoms with van der Waals surface area (Å²) in [5.41, 5.74) is 2.26. The largest absolute Gasteiger partial charge is 0.497 e. The van der Waals surface area contributed by atoms with Crippen molar-refractivity contribution in [3.05, 3.63) is 42.0 Å². The van der Waals surface area contributed by atoms with E-state index in [-0.39, 0.29) is 16.6 Å². The first-order valence-electron chi connectivity index (χ1n) is 9.57. The number of methoxy groups -OCH3 is 2. The highest BCUT2D eigenvalue weighted by Gasteiger charge is 2.25. The van der Waals surface area contributed by atoms with Crippen LogP contribution in [0, 0.1) is 0 Å². The van der Waals surface area contributed by atoms with E-state index in [0.717, 1.165) is 24.1 Å². The van der Waals surface area contributed by atoms with Crippen LogP contribution in [0.25, 0.3) is 0 Å². The second-order valence-corrected chi connectivity index (χ2v) is 8.52. The molecule has 7 nitrogen and oxygen atoms in total. The molecule has 0 atom stereocenters. The van der Waals surface area contributed by atoms with Crippen molar-refractivity contribution in [3.8, 4) is 11.5 Å². The molecule has 0 saturated carbocycles. The zero-order valence-corrected chi connectivity index (χ0v) is 17.7. The van der Waals surface area contributed by atoms with E-state index in [2.05, 4.69) is 11.6 Å². The Hall–Kier alpha value is -2.74. The van der Waals surface area contributed by atoms with Crippen molar-refractivity contribution in [2.24, 2.45) is 0 Å². The minimum Gasteiger partial charge on any atom is -0.497 e. The number of carbonyl (C=O) groups is 1. The number of hydrogen-bond acceptors (Lipinski definition) is 5. The van der Waals surface area contributed by atoms with Gasteiger partial charge in [0.05, 0.1) is 14.2 Å². The molecule has 1 aliphatic heterocycles. The Labute approximate surface area is 171 Å². The number of anilines is 2. The lowest BCUT2D eigenvalue weighted by Crippen LogP contribution is -2.35. The highest BCUT2D eigenvalue weighted by Crippen LogP contribution is 2.33. The molecule has 0 spiro atoms. The molecule has 1 heterocycles. The molecule has 2 aromatic carbocycles. The number of hydrogen-bond donors (Lipinski definition) is 1. The van der Waals surface area contributed by atoms with E-state index in [9.17, 15) is 13.2 Å². The monoisotopic (exact) mass is 418 g/mol. The Bertz CT molecular complexity index is 1000. The van der Waals surface area contributed by atoms with Gasteiger partial charge >= 0.3 is 0 Å². The minimum atomic E-state index is -3.89. The summed E-state index contributed by atoms with van der Waals surface area (Å²) in [5, 5.41) is 0. The van der Waals surface area contributed by atoms with Gasteiger partial charge in [-0.2, -0.15) is 0 Å². The number of aryl methyl sites for hydroxylation is 1. The van der Waals surface area contributed by atoms with Gasteiger partial charge in [-0.3, -0.25) is 9.52 Å². The van der Waals surface area contributed by atoms with Gasteiger partial charge in [0.2, 0.25) is 5.91 Å². The first-order chi connectivity index (χ1) is 13.9. The highest BCUT2D eigenvalue weighted by molar-refractivity contribution is 7.92. The highest BCUT2D eigenvalue weighted by atomic mass is 32.2. The molecule has 0 aromatic heterocycles. The van der Waals surface area contributed by atoms with E-state index in [1.54, 1.807) is 29.2 Å². The van der Waals surface area contributed by atoms with Crippen molar-refractivity contribution >= 4 is 27.3 Å². The maximum Gasteiger partial charge on any atom is 0.265 e. The molecule has 1 N–H and O–H groups in total.